The number of hydrogen-bond acceptors (Lipinski definition) is 3. The van der Waals surface area contributed by atoms with E-state index in [2.05, 4.69) is 24.1 Å². The van der Waals surface area contributed by atoms with Gasteiger partial charge in [-0.1, -0.05) is 26.0 Å². The largest absolute Gasteiger partial charge is 0.355 e. The van der Waals surface area contributed by atoms with Crippen LogP contribution in [0.25, 0.3) is 0 Å². The quantitative estimate of drug-likeness (QED) is 0.815. The molecule has 0 bridgehead atoms. The summed E-state index contributed by atoms with van der Waals surface area (Å²) in [4.78, 5) is 28.3. The summed E-state index contributed by atoms with van der Waals surface area (Å²) < 4.78 is 0. The predicted octanol–water partition coefficient (Wildman–Crippen LogP) is 2.45. The molecule has 1 N–H and O–H groups in total. The molecule has 2 amide bonds. The van der Waals surface area contributed by atoms with Crippen LogP contribution in [0.2, 0.25) is 0 Å². The maximum atomic E-state index is 12.2. The molecular formula is C21H31N3O2. The minimum Gasteiger partial charge on any atom is -0.355 e. The summed E-state index contributed by atoms with van der Waals surface area (Å²) in [6.45, 7) is 9.46. The summed E-state index contributed by atoms with van der Waals surface area (Å²) in [6, 6.07) is 7.82. The van der Waals surface area contributed by atoms with E-state index in [9.17, 15) is 9.59 Å². The van der Waals surface area contributed by atoms with E-state index in [1.54, 1.807) is 0 Å². The molecule has 0 saturated carbocycles. The van der Waals surface area contributed by atoms with Gasteiger partial charge in [-0.05, 0) is 48.9 Å². The predicted molar refractivity (Wildman–Crippen MR) is 104 cm³/mol. The molecule has 5 nitrogen and oxygen atoms in total. The van der Waals surface area contributed by atoms with Crippen molar-refractivity contribution in [3.63, 3.8) is 0 Å². The molecule has 2 fully saturated rings. The van der Waals surface area contributed by atoms with Crippen LogP contribution in [0.5, 0.6) is 0 Å². The Kier molecular flexibility index (Phi) is 6.30. The molecule has 2 aliphatic rings. The lowest BCUT2D eigenvalue weighted by molar-refractivity contribution is -0.120. The molecule has 2 saturated heterocycles. The molecule has 1 atom stereocenters. The van der Waals surface area contributed by atoms with Gasteiger partial charge in [0, 0.05) is 38.3 Å². The zero-order valence-corrected chi connectivity index (χ0v) is 16.0. The van der Waals surface area contributed by atoms with Gasteiger partial charge in [-0.3, -0.25) is 9.59 Å². The van der Waals surface area contributed by atoms with Crippen molar-refractivity contribution in [2.45, 2.75) is 39.5 Å². The summed E-state index contributed by atoms with van der Waals surface area (Å²) in [5.41, 5.74) is 1.93. The molecule has 3 rings (SSSR count). The second-order valence-electron chi connectivity index (χ2n) is 8.10. The van der Waals surface area contributed by atoms with E-state index in [4.69, 9.17) is 0 Å². The third-order valence-corrected chi connectivity index (χ3v) is 5.27. The number of hydrogen-bond donors (Lipinski definition) is 1. The van der Waals surface area contributed by atoms with Crippen molar-refractivity contribution in [1.29, 1.82) is 0 Å². The lowest BCUT2D eigenvalue weighted by atomic mass is 10.1. The Labute approximate surface area is 156 Å². The SMILES string of the molecule is CC(C)CN1CCC(CNC(=O)Cc2ccc(N3CCCC3=O)cc2)C1. The van der Waals surface area contributed by atoms with Crippen molar-refractivity contribution in [3.05, 3.63) is 29.8 Å². The maximum Gasteiger partial charge on any atom is 0.227 e. The number of rotatable bonds is 7. The summed E-state index contributed by atoms with van der Waals surface area (Å²) >= 11 is 0. The molecule has 1 aromatic carbocycles. The highest BCUT2D eigenvalue weighted by Gasteiger charge is 2.23. The number of anilines is 1. The topological polar surface area (TPSA) is 52.7 Å². The summed E-state index contributed by atoms with van der Waals surface area (Å²) in [6.07, 6.45) is 3.14. The molecule has 1 aromatic rings. The minimum atomic E-state index is 0.0808. The van der Waals surface area contributed by atoms with E-state index in [0.29, 0.717) is 24.7 Å². The highest BCUT2D eigenvalue weighted by atomic mass is 16.2. The fourth-order valence-corrected chi connectivity index (χ4v) is 3.98. The van der Waals surface area contributed by atoms with Crippen LogP contribution in [0.15, 0.2) is 24.3 Å². The van der Waals surface area contributed by atoms with Gasteiger partial charge in [0.05, 0.1) is 6.42 Å². The van der Waals surface area contributed by atoms with Gasteiger partial charge in [0.15, 0.2) is 0 Å². The Morgan fingerprint density at radius 2 is 2.00 bits per heavy atom. The zero-order chi connectivity index (χ0) is 18.5. The molecule has 1 unspecified atom stereocenters. The number of carbonyl (C=O) groups excluding carboxylic acids is 2. The van der Waals surface area contributed by atoms with E-state index in [-0.39, 0.29) is 11.8 Å². The van der Waals surface area contributed by atoms with E-state index in [0.717, 1.165) is 50.4 Å². The highest BCUT2D eigenvalue weighted by Crippen LogP contribution is 2.22. The monoisotopic (exact) mass is 357 g/mol. The smallest absolute Gasteiger partial charge is 0.227 e. The minimum absolute atomic E-state index is 0.0808. The zero-order valence-electron chi connectivity index (χ0n) is 16.0. The van der Waals surface area contributed by atoms with Gasteiger partial charge in [0.2, 0.25) is 11.8 Å². The Hall–Kier alpha value is -1.88. The third-order valence-electron chi connectivity index (χ3n) is 5.27. The summed E-state index contributed by atoms with van der Waals surface area (Å²) in [5.74, 6) is 1.54. The van der Waals surface area contributed by atoms with Crippen LogP contribution in [0.4, 0.5) is 5.69 Å². The Morgan fingerprint density at radius 1 is 1.23 bits per heavy atom. The molecule has 2 heterocycles. The Morgan fingerprint density at radius 3 is 2.65 bits per heavy atom. The van der Waals surface area contributed by atoms with Gasteiger partial charge in [0.1, 0.15) is 0 Å². The number of nitrogens with zero attached hydrogens (tertiary/aromatic N) is 2. The number of carbonyl (C=O) groups is 2. The van der Waals surface area contributed by atoms with E-state index < -0.39 is 0 Å². The second-order valence-corrected chi connectivity index (χ2v) is 8.10. The van der Waals surface area contributed by atoms with Gasteiger partial charge < -0.3 is 15.1 Å². The molecule has 5 heteroatoms. The normalized spacial score (nSPS) is 21.0. The third kappa shape index (κ3) is 5.07. The molecule has 26 heavy (non-hydrogen) atoms. The number of benzene rings is 1. The standard InChI is InChI=1S/C21H31N3O2/c1-16(2)14-23-11-9-18(15-23)13-22-20(25)12-17-5-7-19(8-6-17)24-10-3-4-21(24)26/h5-8,16,18H,3-4,9-15H2,1-2H3,(H,22,25). The van der Waals surface area contributed by atoms with Gasteiger partial charge >= 0.3 is 0 Å². The molecule has 0 spiro atoms. The molecule has 2 aliphatic heterocycles. The number of likely N-dealkylation sites (tertiary alicyclic amines) is 1. The number of nitrogens with one attached hydrogen (secondary N) is 1. The fourth-order valence-electron chi connectivity index (χ4n) is 3.98. The lowest BCUT2D eigenvalue weighted by Gasteiger charge is -2.18. The van der Waals surface area contributed by atoms with Gasteiger partial charge in [0.25, 0.3) is 0 Å². The molecule has 0 aliphatic carbocycles. The average molecular weight is 357 g/mol. The van der Waals surface area contributed by atoms with Gasteiger partial charge in [-0.2, -0.15) is 0 Å². The van der Waals surface area contributed by atoms with Gasteiger partial charge in [-0.15, -0.1) is 0 Å². The molecule has 0 radical (unpaired) electrons. The lowest BCUT2D eigenvalue weighted by Crippen LogP contribution is -2.32. The molecule has 0 aromatic heterocycles. The van der Waals surface area contributed by atoms with Crippen molar-refractivity contribution in [3.8, 4) is 0 Å². The Bertz CT molecular complexity index is 627. The van der Waals surface area contributed by atoms with Crippen LogP contribution in [-0.4, -0.2) is 49.4 Å². The van der Waals surface area contributed by atoms with Crippen molar-refractivity contribution in [2.75, 3.05) is 37.6 Å². The molecular weight excluding hydrogens is 326 g/mol. The first-order valence-corrected chi connectivity index (χ1v) is 9.89. The average Bonchev–Trinajstić information content (AvgIpc) is 3.22. The van der Waals surface area contributed by atoms with Crippen molar-refractivity contribution in [1.82, 2.24) is 10.2 Å². The van der Waals surface area contributed by atoms with Crippen LogP contribution in [0.3, 0.4) is 0 Å². The maximum absolute atomic E-state index is 12.2. The first kappa shape index (κ1) is 18.9. The van der Waals surface area contributed by atoms with Crippen LogP contribution in [-0.2, 0) is 16.0 Å². The van der Waals surface area contributed by atoms with E-state index >= 15 is 0 Å². The van der Waals surface area contributed by atoms with Crippen molar-refractivity contribution < 1.29 is 9.59 Å². The first-order valence-electron chi connectivity index (χ1n) is 9.89. The van der Waals surface area contributed by atoms with Crippen molar-refractivity contribution in [2.24, 2.45) is 11.8 Å². The fraction of sp³-hybridized carbons (Fsp3) is 0.619. The van der Waals surface area contributed by atoms with Crippen LogP contribution >= 0.6 is 0 Å². The van der Waals surface area contributed by atoms with Gasteiger partial charge in [-0.25, -0.2) is 0 Å². The number of amides is 2. The summed E-state index contributed by atoms with van der Waals surface area (Å²) in [5, 5.41) is 3.09. The second kappa shape index (κ2) is 8.67. The van der Waals surface area contributed by atoms with Crippen LogP contribution in [0.1, 0.15) is 38.7 Å². The molecule has 142 valence electrons. The first-order chi connectivity index (χ1) is 12.5. The van der Waals surface area contributed by atoms with E-state index in [1.807, 2.05) is 29.2 Å². The van der Waals surface area contributed by atoms with Crippen LogP contribution < -0.4 is 10.2 Å². The van der Waals surface area contributed by atoms with Crippen molar-refractivity contribution >= 4 is 17.5 Å². The van der Waals surface area contributed by atoms with Crippen LogP contribution in [0, 0.1) is 11.8 Å². The Balaban J connectivity index is 1.41. The summed E-state index contributed by atoms with van der Waals surface area (Å²) in [7, 11) is 0. The highest BCUT2D eigenvalue weighted by molar-refractivity contribution is 5.95. The van der Waals surface area contributed by atoms with E-state index in [1.165, 1.54) is 6.42 Å².